The van der Waals surface area contributed by atoms with Gasteiger partial charge in [-0.3, -0.25) is 14.3 Å². The lowest BCUT2D eigenvalue weighted by Gasteiger charge is -2.28. The molecule has 1 fully saturated rings. The number of anilines is 1. The van der Waals surface area contributed by atoms with Crippen LogP contribution in [0, 0.1) is 5.92 Å². The Bertz CT molecular complexity index is 1100. The summed E-state index contributed by atoms with van der Waals surface area (Å²) in [6.07, 6.45) is 3.44. The van der Waals surface area contributed by atoms with Crippen LogP contribution >= 0.6 is 11.8 Å². The molecule has 0 radical (unpaired) electrons. The predicted octanol–water partition coefficient (Wildman–Crippen LogP) is 0.478. The van der Waals surface area contributed by atoms with Gasteiger partial charge in [0.2, 0.25) is 5.95 Å². The molecule has 0 spiro atoms. The van der Waals surface area contributed by atoms with Crippen molar-refractivity contribution in [1.29, 1.82) is 0 Å². The van der Waals surface area contributed by atoms with Gasteiger partial charge in [-0.15, -0.1) is 0 Å². The van der Waals surface area contributed by atoms with Crippen LogP contribution in [0.1, 0.15) is 6.92 Å². The van der Waals surface area contributed by atoms with E-state index >= 15 is 0 Å². The van der Waals surface area contributed by atoms with Gasteiger partial charge in [0, 0.05) is 44.8 Å². The van der Waals surface area contributed by atoms with Crippen molar-refractivity contribution >= 4 is 28.9 Å². The van der Waals surface area contributed by atoms with Crippen LogP contribution in [0.15, 0.2) is 33.2 Å². The van der Waals surface area contributed by atoms with Gasteiger partial charge in [0.1, 0.15) is 0 Å². The normalized spacial score (nSPS) is 15.7. The predicted molar refractivity (Wildman–Crippen MR) is 111 cm³/mol. The van der Waals surface area contributed by atoms with Crippen LogP contribution < -0.4 is 16.1 Å². The molecule has 4 heterocycles. The number of imidazole rings is 1. The van der Waals surface area contributed by atoms with E-state index in [1.165, 1.54) is 4.57 Å². The molecule has 154 valence electrons. The topological polar surface area (TPSA) is 111 Å². The fourth-order valence-electron chi connectivity index (χ4n) is 3.34. The maximum Gasteiger partial charge on any atom is 0.329 e. The van der Waals surface area contributed by atoms with Crippen molar-refractivity contribution in [1.82, 2.24) is 29.1 Å². The van der Waals surface area contributed by atoms with Crippen molar-refractivity contribution in [3.8, 4) is 0 Å². The second-order valence-electron chi connectivity index (χ2n) is 7.06. The molecule has 29 heavy (non-hydrogen) atoms. The standard InChI is InChI=1S/C18H23N7O3S/c1-12(11-29-16-19-4-3-5-20-16)10-25-13-14(23(2)18(27)22-15(13)26)21-17(25)24-6-8-28-9-7-24/h3-5,12H,6-11H2,1-2H3,(H,22,26,27)/t12-/m0/s1. The molecule has 3 aromatic heterocycles. The summed E-state index contributed by atoms with van der Waals surface area (Å²) < 4.78 is 8.76. The van der Waals surface area contributed by atoms with Gasteiger partial charge in [0.15, 0.2) is 16.3 Å². The number of fused-ring (bicyclic) bond motifs is 1. The van der Waals surface area contributed by atoms with E-state index in [1.807, 2.05) is 4.57 Å². The molecule has 11 heteroatoms. The fourth-order valence-corrected chi connectivity index (χ4v) is 4.15. The molecular weight excluding hydrogens is 394 g/mol. The van der Waals surface area contributed by atoms with Crippen LogP contribution in [0.4, 0.5) is 5.95 Å². The molecule has 1 aliphatic rings. The minimum Gasteiger partial charge on any atom is -0.378 e. The third kappa shape index (κ3) is 4.06. The molecule has 0 amide bonds. The number of hydrogen-bond donors (Lipinski definition) is 1. The van der Waals surface area contributed by atoms with E-state index in [0.29, 0.717) is 50.0 Å². The van der Waals surface area contributed by atoms with Crippen LogP contribution in [-0.4, -0.2) is 61.1 Å². The zero-order valence-corrected chi connectivity index (χ0v) is 17.2. The smallest absolute Gasteiger partial charge is 0.329 e. The number of hydrogen-bond acceptors (Lipinski definition) is 8. The minimum atomic E-state index is -0.467. The van der Waals surface area contributed by atoms with Crippen molar-refractivity contribution < 1.29 is 4.74 Å². The molecule has 4 rings (SSSR count). The second kappa shape index (κ2) is 8.37. The number of morpholine rings is 1. The van der Waals surface area contributed by atoms with Gasteiger partial charge >= 0.3 is 5.69 Å². The number of nitrogens with one attached hydrogen (secondary N) is 1. The largest absolute Gasteiger partial charge is 0.378 e. The first-order valence-corrected chi connectivity index (χ1v) is 10.4. The van der Waals surface area contributed by atoms with Gasteiger partial charge in [-0.05, 0) is 12.0 Å². The Morgan fingerprint density at radius 2 is 1.97 bits per heavy atom. The summed E-state index contributed by atoms with van der Waals surface area (Å²) in [4.78, 5) is 42.3. The zero-order chi connectivity index (χ0) is 20.4. The van der Waals surface area contributed by atoms with Crippen LogP contribution in [0.2, 0.25) is 0 Å². The average molecular weight is 417 g/mol. The number of thioether (sulfide) groups is 1. The lowest BCUT2D eigenvalue weighted by atomic mass is 10.2. The number of aryl methyl sites for hydroxylation is 1. The molecule has 0 saturated carbocycles. The van der Waals surface area contributed by atoms with Gasteiger partial charge < -0.3 is 14.2 Å². The Labute approximate surface area is 170 Å². The number of aromatic nitrogens is 6. The highest BCUT2D eigenvalue weighted by Crippen LogP contribution is 2.24. The van der Waals surface area contributed by atoms with E-state index in [9.17, 15) is 9.59 Å². The number of ether oxygens (including phenoxy) is 1. The van der Waals surface area contributed by atoms with Gasteiger partial charge in [0.25, 0.3) is 5.56 Å². The Balaban J connectivity index is 1.68. The molecule has 1 atom stereocenters. The first-order valence-electron chi connectivity index (χ1n) is 9.46. The fraction of sp³-hybridized carbons (Fsp3) is 0.500. The van der Waals surface area contributed by atoms with E-state index in [2.05, 4.69) is 31.8 Å². The van der Waals surface area contributed by atoms with E-state index in [-0.39, 0.29) is 5.92 Å². The van der Waals surface area contributed by atoms with Gasteiger partial charge in [-0.1, -0.05) is 18.7 Å². The third-order valence-corrected chi connectivity index (χ3v) is 6.02. The van der Waals surface area contributed by atoms with Crippen LogP contribution in [0.5, 0.6) is 0 Å². The van der Waals surface area contributed by atoms with Crippen LogP contribution in [0.25, 0.3) is 11.2 Å². The number of nitrogens with zero attached hydrogens (tertiary/aromatic N) is 6. The SMILES string of the molecule is C[C@H](CSc1ncccn1)Cn1c(N2CCOCC2)nc2c1c(=O)[nH]c(=O)n2C. The maximum absolute atomic E-state index is 12.6. The quantitative estimate of drug-likeness (QED) is 0.455. The van der Waals surface area contributed by atoms with Crippen molar-refractivity contribution in [2.75, 3.05) is 37.0 Å². The second-order valence-corrected chi connectivity index (χ2v) is 8.05. The number of H-pyrrole nitrogens is 1. The van der Waals surface area contributed by atoms with E-state index in [4.69, 9.17) is 4.74 Å². The van der Waals surface area contributed by atoms with E-state index < -0.39 is 11.2 Å². The highest BCUT2D eigenvalue weighted by atomic mass is 32.2. The Hall–Kier alpha value is -2.66. The third-order valence-electron chi connectivity index (χ3n) is 4.81. The zero-order valence-electron chi connectivity index (χ0n) is 16.4. The summed E-state index contributed by atoms with van der Waals surface area (Å²) in [6.45, 7) is 5.29. The van der Waals surface area contributed by atoms with Gasteiger partial charge in [-0.25, -0.2) is 14.8 Å². The molecule has 1 saturated heterocycles. The highest BCUT2D eigenvalue weighted by molar-refractivity contribution is 7.99. The van der Waals surface area contributed by atoms with Crippen molar-refractivity contribution in [3.63, 3.8) is 0 Å². The summed E-state index contributed by atoms with van der Waals surface area (Å²) in [6, 6.07) is 1.79. The van der Waals surface area contributed by atoms with Gasteiger partial charge in [0.05, 0.1) is 13.2 Å². The molecule has 10 nitrogen and oxygen atoms in total. The molecule has 0 aromatic carbocycles. The summed E-state index contributed by atoms with van der Waals surface area (Å²) in [5.41, 5.74) is -0.0697. The lowest BCUT2D eigenvalue weighted by molar-refractivity contribution is 0.121. The van der Waals surface area contributed by atoms with Gasteiger partial charge in [-0.2, -0.15) is 4.98 Å². The van der Waals surface area contributed by atoms with Crippen molar-refractivity contribution in [2.24, 2.45) is 13.0 Å². The molecule has 1 N–H and O–H groups in total. The summed E-state index contributed by atoms with van der Waals surface area (Å²) in [7, 11) is 1.62. The first-order chi connectivity index (χ1) is 14.0. The lowest BCUT2D eigenvalue weighted by Crippen LogP contribution is -2.38. The Morgan fingerprint density at radius 1 is 1.24 bits per heavy atom. The summed E-state index contributed by atoms with van der Waals surface area (Å²) >= 11 is 1.58. The Morgan fingerprint density at radius 3 is 2.69 bits per heavy atom. The molecule has 3 aromatic rings. The highest BCUT2D eigenvalue weighted by Gasteiger charge is 2.24. The first kappa shape index (κ1) is 19.6. The summed E-state index contributed by atoms with van der Waals surface area (Å²) in [5, 5.41) is 0.725. The van der Waals surface area contributed by atoms with Crippen molar-refractivity contribution in [2.45, 2.75) is 18.6 Å². The molecule has 0 aliphatic carbocycles. The molecular formula is C18H23N7O3S. The Kier molecular flexibility index (Phi) is 5.67. The average Bonchev–Trinajstić information content (AvgIpc) is 3.12. The number of aromatic amines is 1. The van der Waals surface area contributed by atoms with Crippen molar-refractivity contribution in [3.05, 3.63) is 39.3 Å². The molecule has 0 unspecified atom stereocenters. The molecule has 1 aliphatic heterocycles. The maximum atomic E-state index is 12.6. The van der Waals surface area contributed by atoms with E-state index in [1.54, 1.807) is 37.3 Å². The van der Waals surface area contributed by atoms with Crippen LogP contribution in [-0.2, 0) is 18.3 Å². The van der Waals surface area contributed by atoms with Crippen LogP contribution in [0.3, 0.4) is 0 Å². The number of rotatable bonds is 6. The minimum absolute atomic E-state index is 0.220. The molecule has 0 bridgehead atoms. The monoisotopic (exact) mass is 417 g/mol. The summed E-state index contributed by atoms with van der Waals surface area (Å²) in [5.74, 6) is 1.70. The van der Waals surface area contributed by atoms with E-state index in [0.717, 1.165) is 10.9 Å².